The summed E-state index contributed by atoms with van der Waals surface area (Å²) in [6, 6.07) is 6.25. The zero-order chi connectivity index (χ0) is 17.9. The van der Waals surface area contributed by atoms with E-state index in [-0.39, 0.29) is 10.8 Å². The largest absolute Gasteiger partial charge is 0.493 e. The minimum Gasteiger partial charge on any atom is -0.493 e. The fourth-order valence-electron chi connectivity index (χ4n) is 2.42. The number of ether oxygens (including phenoxy) is 1. The highest BCUT2D eigenvalue weighted by Gasteiger charge is 2.49. The summed E-state index contributed by atoms with van der Waals surface area (Å²) < 4.78 is 28.5. The summed E-state index contributed by atoms with van der Waals surface area (Å²) in [4.78, 5) is 24.5. The topological polar surface area (TPSA) is 101 Å². The van der Waals surface area contributed by atoms with Crippen molar-refractivity contribution in [3.63, 3.8) is 0 Å². The second kappa shape index (κ2) is 7.21. The van der Waals surface area contributed by atoms with Crippen LogP contribution in [0.4, 0.5) is 0 Å². The fraction of sp³-hybridized carbons (Fsp3) is 0.500. The molecule has 0 spiro atoms. The van der Waals surface area contributed by atoms with E-state index in [4.69, 9.17) is 9.84 Å². The SMILES string of the molecule is CN(CCCOc1cccc(S(C)(=O)=O)c1)C(=O)C1CC1C(=O)O. The molecule has 7 nitrogen and oxygen atoms in total. The van der Waals surface area contributed by atoms with Gasteiger partial charge in [0, 0.05) is 19.8 Å². The summed E-state index contributed by atoms with van der Waals surface area (Å²) in [5.41, 5.74) is 0. The van der Waals surface area contributed by atoms with Gasteiger partial charge in [0.1, 0.15) is 5.75 Å². The number of carboxylic acid groups (broad SMARTS) is 1. The van der Waals surface area contributed by atoms with E-state index in [1.54, 1.807) is 19.2 Å². The van der Waals surface area contributed by atoms with E-state index in [1.165, 1.54) is 17.0 Å². The molecule has 0 heterocycles. The average molecular weight is 355 g/mol. The predicted octanol–water partition coefficient (Wildman–Crippen LogP) is 1.04. The smallest absolute Gasteiger partial charge is 0.307 e. The number of hydrogen-bond acceptors (Lipinski definition) is 5. The number of benzene rings is 1. The molecule has 2 unspecified atom stereocenters. The molecule has 2 atom stereocenters. The normalized spacial score (nSPS) is 19.6. The molecule has 0 bridgehead atoms. The Kier molecular flexibility index (Phi) is 5.48. The van der Waals surface area contributed by atoms with Crippen LogP contribution in [0.2, 0.25) is 0 Å². The Balaban J connectivity index is 1.75. The van der Waals surface area contributed by atoms with Crippen molar-refractivity contribution in [1.29, 1.82) is 0 Å². The average Bonchev–Trinajstić information content (AvgIpc) is 3.31. The van der Waals surface area contributed by atoms with E-state index in [0.717, 1.165) is 6.26 Å². The van der Waals surface area contributed by atoms with Crippen LogP contribution in [0.25, 0.3) is 0 Å². The number of amides is 1. The van der Waals surface area contributed by atoms with Crippen molar-refractivity contribution in [2.24, 2.45) is 11.8 Å². The van der Waals surface area contributed by atoms with Gasteiger partial charge in [0.15, 0.2) is 9.84 Å². The lowest BCUT2D eigenvalue weighted by molar-refractivity contribution is -0.141. The quantitative estimate of drug-likeness (QED) is 0.699. The Bertz CT molecular complexity index is 730. The maximum absolute atomic E-state index is 12.0. The molecular weight excluding hydrogens is 334 g/mol. The van der Waals surface area contributed by atoms with Gasteiger partial charge in [-0.1, -0.05) is 6.07 Å². The monoisotopic (exact) mass is 355 g/mol. The van der Waals surface area contributed by atoms with Crippen molar-refractivity contribution >= 4 is 21.7 Å². The van der Waals surface area contributed by atoms with Crippen LogP contribution in [0, 0.1) is 11.8 Å². The van der Waals surface area contributed by atoms with E-state index in [0.29, 0.717) is 31.7 Å². The molecule has 1 amide bonds. The van der Waals surface area contributed by atoms with Crippen molar-refractivity contribution in [2.75, 3.05) is 26.5 Å². The van der Waals surface area contributed by atoms with Gasteiger partial charge in [-0.3, -0.25) is 9.59 Å². The molecule has 1 N–H and O–H groups in total. The van der Waals surface area contributed by atoms with Crippen LogP contribution in [0.1, 0.15) is 12.8 Å². The molecular formula is C16H21NO6S. The third kappa shape index (κ3) is 4.70. The van der Waals surface area contributed by atoms with E-state index < -0.39 is 27.6 Å². The molecule has 1 aromatic carbocycles. The summed E-state index contributed by atoms with van der Waals surface area (Å²) in [5, 5.41) is 8.84. The van der Waals surface area contributed by atoms with Crippen molar-refractivity contribution in [3.8, 4) is 5.75 Å². The van der Waals surface area contributed by atoms with Gasteiger partial charge in [-0.15, -0.1) is 0 Å². The molecule has 8 heteroatoms. The number of hydrogen-bond donors (Lipinski definition) is 1. The second-order valence-corrected chi connectivity index (χ2v) is 8.01. The van der Waals surface area contributed by atoms with Crippen LogP contribution in [-0.2, 0) is 19.4 Å². The van der Waals surface area contributed by atoms with Crippen LogP contribution in [0.5, 0.6) is 5.75 Å². The van der Waals surface area contributed by atoms with Crippen molar-refractivity contribution in [2.45, 2.75) is 17.7 Å². The number of nitrogens with zero attached hydrogens (tertiary/aromatic N) is 1. The molecule has 132 valence electrons. The number of sulfone groups is 1. The summed E-state index contributed by atoms with van der Waals surface area (Å²) in [7, 11) is -1.63. The van der Waals surface area contributed by atoms with Crippen molar-refractivity contribution < 1.29 is 27.9 Å². The first-order chi connectivity index (χ1) is 11.2. The Labute approximate surface area is 141 Å². The van der Waals surface area contributed by atoms with E-state index in [1.807, 2.05) is 0 Å². The van der Waals surface area contributed by atoms with E-state index in [9.17, 15) is 18.0 Å². The van der Waals surface area contributed by atoms with E-state index in [2.05, 4.69) is 0 Å². The fourth-order valence-corrected chi connectivity index (χ4v) is 3.08. The molecule has 0 aliphatic heterocycles. The molecule has 1 aliphatic carbocycles. The number of rotatable bonds is 8. The standard InChI is InChI=1S/C16H21NO6S/c1-17(15(18)13-10-14(13)16(19)20)7-4-8-23-11-5-3-6-12(9-11)24(2,21)22/h3,5-6,9,13-14H,4,7-8,10H2,1-2H3,(H,19,20). The number of carboxylic acids is 1. The first-order valence-corrected chi connectivity index (χ1v) is 9.50. The Morgan fingerprint density at radius 2 is 2.04 bits per heavy atom. The van der Waals surface area contributed by atoms with Gasteiger partial charge < -0.3 is 14.7 Å². The summed E-state index contributed by atoms with van der Waals surface area (Å²) in [5.74, 6) is -1.56. The van der Waals surface area contributed by atoms with Crippen molar-refractivity contribution in [1.82, 2.24) is 4.90 Å². The molecule has 1 aliphatic rings. The van der Waals surface area contributed by atoms with Crippen LogP contribution in [0.15, 0.2) is 29.2 Å². The lowest BCUT2D eigenvalue weighted by atomic mass is 10.2. The highest BCUT2D eigenvalue weighted by atomic mass is 32.2. The van der Waals surface area contributed by atoms with Gasteiger partial charge in [0.05, 0.1) is 23.3 Å². The lowest BCUT2D eigenvalue weighted by Gasteiger charge is -2.17. The highest BCUT2D eigenvalue weighted by molar-refractivity contribution is 7.90. The third-order valence-electron chi connectivity index (χ3n) is 3.94. The molecule has 0 saturated heterocycles. The highest BCUT2D eigenvalue weighted by Crippen LogP contribution is 2.39. The maximum atomic E-state index is 12.0. The predicted molar refractivity (Wildman–Crippen MR) is 86.5 cm³/mol. The Morgan fingerprint density at radius 3 is 2.62 bits per heavy atom. The summed E-state index contributed by atoms with van der Waals surface area (Å²) in [6.07, 6.45) is 2.11. The first-order valence-electron chi connectivity index (χ1n) is 7.61. The molecule has 0 radical (unpaired) electrons. The maximum Gasteiger partial charge on any atom is 0.307 e. The molecule has 1 saturated carbocycles. The second-order valence-electron chi connectivity index (χ2n) is 6.00. The molecule has 2 rings (SSSR count). The number of carbonyl (C=O) groups excluding carboxylic acids is 1. The molecule has 1 fully saturated rings. The lowest BCUT2D eigenvalue weighted by Crippen LogP contribution is -2.31. The van der Waals surface area contributed by atoms with Gasteiger partial charge in [-0.25, -0.2) is 8.42 Å². The van der Waals surface area contributed by atoms with Gasteiger partial charge >= 0.3 is 5.97 Å². The van der Waals surface area contributed by atoms with Crippen LogP contribution in [-0.4, -0.2) is 56.8 Å². The van der Waals surface area contributed by atoms with Gasteiger partial charge in [-0.2, -0.15) is 0 Å². The van der Waals surface area contributed by atoms with Crippen LogP contribution < -0.4 is 4.74 Å². The minimum atomic E-state index is -3.28. The molecule has 1 aromatic rings. The van der Waals surface area contributed by atoms with Crippen LogP contribution in [0.3, 0.4) is 0 Å². The van der Waals surface area contributed by atoms with Crippen LogP contribution >= 0.6 is 0 Å². The minimum absolute atomic E-state index is 0.151. The summed E-state index contributed by atoms with van der Waals surface area (Å²) >= 11 is 0. The Hall–Kier alpha value is -2.09. The summed E-state index contributed by atoms with van der Waals surface area (Å²) in [6.45, 7) is 0.783. The van der Waals surface area contributed by atoms with Gasteiger partial charge in [0.2, 0.25) is 5.91 Å². The zero-order valence-electron chi connectivity index (χ0n) is 13.6. The zero-order valence-corrected chi connectivity index (χ0v) is 14.5. The van der Waals surface area contributed by atoms with Gasteiger partial charge in [0.25, 0.3) is 0 Å². The third-order valence-corrected chi connectivity index (χ3v) is 5.05. The Morgan fingerprint density at radius 1 is 1.33 bits per heavy atom. The first kappa shape index (κ1) is 18.3. The number of carbonyl (C=O) groups is 2. The number of aliphatic carboxylic acids is 1. The van der Waals surface area contributed by atoms with Gasteiger partial charge in [-0.05, 0) is 31.0 Å². The molecule has 24 heavy (non-hydrogen) atoms. The van der Waals surface area contributed by atoms with Crippen molar-refractivity contribution in [3.05, 3.63) is 24.3 Å². The molecule has 0 aromatic heterocycles. The van der Waals surface area contributed by atoms with E-state index >= 15 is 0 Å².